The highest BCUT2D eigenvalue weighted by molar-refractivity contribution is 14.0. The Morgan fingerprint density at radius 2 is 1.82 bits per heavy atom. The van der Waals surface area contributed by atoms with E-state index in [-0.39, 0.29) is 41.5 Å². The van der Waals surface area contributed by atoms with Crippen molar-refractivity contribution < 1.29 is 18.3 Å². The van der Waals surface area contributed by atoms with E-state index in [0.717, 1.165) is 11.1 Å². The van der Waals surface area contributed by atoms with E-state index in [1.54, 1.807) is 26.1 Å². The lowest BCUT2D eigenvalue weighted by Crippen LogP contribution is -2.38. The number of nitrogens with zero attached hydrogens (tertiary/aromatic N) is 1. The summed E-state index contributed by atoms with van der Waals surface area (Å²) in [6.45, 7) is 1.75. The van der Waals surface area contributed by atoms with E-state index in [9.17, 15) is 8.78 Å². The van der Waals surface area contributed by atoms with Gasteiger partial charge < -0.3 is 20.1 Å². The van der Waals surface area contributed by atoms with Crippen LogP contribution in [0.4, 0.5) is 8.78 Å². The van der Waals surface area contributed by atoms with E-state index < -0.39 is 6.61 Å². The molecule has 2 aromatic rings. The van der Waals surface area contributed by atoms with Crippen LogP contribution in [0.1, 0.15) is 31.0 Å². The van der Waals surface area contributed by atoms with Crippen molar-refractivity contribution in [2.45, 2.75) is 33.0 Å². The zero-order chi connectivity index (χ0) is 19.6. The lowest BCUT2D eigenvalue weighted by Gasteiger charge is -2.19. The van der Waals surface area contributed by atoms with Crippen LogP contribution >= 0.6 is 24.0 Å². The molecule has 8 heteroatoms. The monoisotopic (exact) mass is 505 g/mol. The average Bonchev–Trinajstić information content (AvgIpc) is 2.67. The number of halogens is 3. The van der Waals surface area contributed by atoms with Gasteiger partial charge in [0.25, 0.3) is 0 Å². The number of nitrogens with one attached hydrogen (secondary N) is 2. The topological polar surface area (TPSA) is 54.9 Å². The van der Waals surface area contributed by atoms with E-state index in [0.29, 0.717) is 19.1 Å². The van der Waals surface area contributed by atoms with Gasteiger partial charge in [-0.15, -0.1) is 24.0 Å². The number of benzene rings is 2. The molecule has 0 spiro atoms. The summed E-state index contributed by atoms with van der Waals surface area (Å²) in [5.74, 6) is 0.950. The van der Waals surface area contributed by atoms with E-state index in [2.05, 4.69) is 20.4 Å². The molecule has 0 radical (unpaired) electrons. The molecule has 0 saturated heterocycles. The third-order valence-electron chi connectivity index (χ3n) is 3.86. The Bertz CT molecular complexity index is 745. The average molecular weight is 505 g/mol. The van der Waals surface area contributed by atoms with Crippen molar-refractivity contribution in [3.05, 3.63) is 59.7 Å². The molecule has 0 amide bonds. The zero-order valence-corrected chi connectivity index (χ0v) is 18.4. The van der Waals surface area contributed by atoms with Gasteiger partial charge in [0.1, 0.15) is 0 Å². The smallest absolute Gasteiger partial charge is 0.387 e. The van der Waals surface area contributed by atoms with Crippen LogP contribution in [0.15, 0.2) is 53.5 Å². The highest BCUT2D eigenvalue weighted by Gasteiger charge is 2.12. The molecular formula is C20H26F2IN3O2. The van der Waals surface area contributed by atoms with Gasteiger partial charge in [-0.1, -0.05) is 36.4 Å². The van der Waals surface area contributed by atoms with Crippen molar-refractivity contribution in [2.75, 3.05) is 13.7 Å². The second kappa shape index (κ2) is 12.4. The van der Waals surface area contributed by atoms with E-state index in [1.165, 1.54) is 6.07 Å². The van der Waals surface area contributed by atoms with E-state index >= 15 is 0 Å². The van der Waals surface area contributed by atoms with Crippen LogP contribution in [-0.4, -0.2) is 26.2 Å². The molecule has 0 aliphatic heterocycles. The molecule has 2 N–H and O–H groups in total. The van der Waals surface area contributed by atoms with Gasteiger partial charge in [-0.25, -0.2) is 0 Å². The van der Waals surface area contributed by atoms with Crippen molar-refractivity contribution in [3.8, 4) is 11.5 Å². The van der Waals surface area contributed by atoms with Gasteiger partial charge >= 0.3 is 6.61 Å². The lowest BCUT2D eigenvalue weighted by molar-refractivity contribution is -0.0514. The SMILES string of the molecule is CCOc1cc(CNC(=NC)NC(C)c2ccccc2)ccc1OC(F)F.I. The second-order valence-electron chi connectivity index (χ2n) is 5.80. The Morgan fingerprint density at radius 3 is 2.43 bits per heavy atom. The Balaban J connectivity index is 0.00000392. The fraction of sp³-hybridized carbons (Fsp3) is 0.350. The molecule has 0 fully saturated rings. The Hall–Kier alpha value is -2.10. The maximum Gasteiger partial charge on any atom is 0.387 e. The first-order valence-corrected chi connectivity index (χ1v) is 8.76. The molecule has 28 heavy (non-hydrogen) atoms. The van der Waals surface area contributed by atoms with Gasteiger partial charge in [-0.05, 0) is 37.1 Å². The number of hydrogen-bond donors (Lipinski definition) is 2. The minimum absolute atomic E-state index is 0. The quantitative estimate of drug-likeness (QED) is 0.310. The molecule has 2 rings (SSSR count). The molecule has 0 aliphatic carbocycles. The van der Waals surface area contributed by atoms with Crippen molar-refractivity contribution >= 4 is 29.9 Å². The standard InChI is InChI=1S/C20H25F2N3O2.HI/c1-4-26-18-12-15(10-11-17(18)27-19(21)22)13-24-20(23-3)25-14(2)16-8-6-5-7-9-16;/h5-12,14,19H,4,13H2,1-3H3,(H2,23,24,25);1H. The van der Waals surface area contributed by atoms with Crippen LogP contribution in [0.25, 0.3) is 0 Å². The fourth-order valence-electron chi connectivity index (χ4n) is 2.53. The summed E-state index contributed by atoms with van der Waals surface area (Å²) in [7, 11) is 1.69. The molecule has 0 aliphatic rings. The first-order valence-electron chi connectivity index (χ1n) is 8.76. The van der Waals surface area contributed by atoms with Gasteiger partial charge in [0.05, 0.1) is 12.6 Å². The lowest BCUT2D eigenvalue weighted by atomic mass is 10.1. The predicted molar refractivity (Wildman–Crippen MR) is 118 cm³/mol. The number of alkyl halides is 2. The highest BCUT2D eigenvalue weighted by atomic mass is 127. The van der Waals surface area contributed by atoms with Gasteiger partial charge in [0.15, 0.2) is 17.5 Å². The van der Waals surface area contributed by atoms with Crippen LogP contribution in [-0.2, 0) is 6.54 Å². The number of guanidine groups is 1. The first kappa shape index (κ1) is 23.9. The van der Waals surface area contributed by atoms with Gasteiger partial charge in [-0.2, -0.15) is 8.78 Å². The molecule has 1 unspecified atom stereocenters. The number of rotatable bonds is 8. The molecule has 5 nitrogen and oxygen atoms in total. The van der Waals surface area contributed by atoms with Crippen LogP contribution in [0, 0.1) is 0 Å². The summed E-state index contributed by atoms with van der Waals surface area (Å²) < 4.78 is 34.9. The summed E-state index contributed by atoms with van der Waals surface area (Å²) in [6, 6.07) is 15.0. The zero-order valence-electron chi connectivity index (χ0n) is 16.1. The summed E-state index contributed by atoms with van der Waals surface area (Å²) in [4.78, 5) is 4.22. The maximum absolute atomic E-state index is 12.5. The molecule has 0 bridgehead atoms. The van der Waals surface area contributed by atoms with Gasteiger partial charge in [0, 0.05) is 13.6 Å². The Morgan fingerprint density at radius 1 is 1.11 bits per heavy atom. The van der Waals surface area contributed by atoms with Crippen molar-refractivity contribution in [1.29, 1.82) is 0 Å². The third-order valence-corrected chi connectivity index (χ3v) is 3.86. The summed E-state index contributed by atoms with van der Waals surface area (Å²) in [6.07, 6.45) is 0. The van der Waals surface area contributed by atoms with Crippen molar-refractivity contribution in [1.82, 2.24) is 10.6 Å². The summed E-state index contributed by atoms with van der Waals surface area (Å²) in [5, 5.41) is 6.52. The van der Waals surface area contributed by atoms with Crippen LogP contribution in [0.5, 0.6) is 11.5 Å². The Kier molecular flexibility index (Phi) is 10.6. The predicted octanol–water partition coefficient (Wildman–Crippen LogP) is 4.73. The fourth-order valence-corrected chi connectivity index (χ4v) is 2.53. The highest BCUT2D eigenvalue weighted by Crippen LogP contribution is 2.29. The molecular weight excluding hydrogens is 479 g/mol. The number of hydrogen-bond acceptors (Lipinski definition) is 3. The molecule has 0 saturated carbocycles. The third kappa shape index (κ3) is 7.49. The summed E-state index contributed by atoms with van der Waals surface area (Å²) in [5.41, 5.74) is 2.00. The van der Waals surface area contributed by atoms with Crippen LogP contribution in [0.3, 0.4) is 0 Å². The minimum atomic E-state index is -2.89. The van der Waals surface area contributed by atoms with E-state index in [1.807, 2.05) is 37.3 Å². The second-order valence-corrected chi connectivity index (χ2v) is 5.80. The van der Waals surface area contributed by atoms with Crippen LogP contribution in [0.2, 0.25) is 0 Å². The van der Waals surface area contributed by atoms with Gasteiger partial charge in [0.2, 0.25) is 0 Å². The number of ether oxygens (including phenoxy) is 2. The molecule has 0 aromatic heterocycles. The minimum Gasteiger partial charge on any atom is -0.490 e. The maximum atomic E-state index is 12.5. The number of aliphatic imine (C=N–C) groups is 1. The molecule has 2 aromatic carbocycles. The summed E-state index contributed by atoms with van der Waals surface area (Å²) >= 11 is 0. The van der Waals surface area contributed by atoms with Crippen molar-refractivity contribution in [2.24, 2.45) is 4.99 Å². The van der Waals surface area contributed by atoms with Gasteiger partial charge in [-0.3, -0.25) is 4.99 Å². The normalized spacial score (nSPS) is 12.1. The van der Waals surface area contributed by atoms with Crippen molar-refractivity contribution in [3.63, 3.8) is 0 Å². The van der Waals surface area contributed by atoms with E-state index in [4.69, 9.17) is 4.74 Å². The first-order chi connectivity index (χ1) is 13.0. The molecule has 1 atom stereocenters. The Labute approximate surface area is 181 Å². The van der Waals surface area contributed by atoms with Crippen LogP contribution < -0.4 is 20.1 Å². The molecule has 154 valence electrons. The largest absolute Gasteiger partial charge is 0.490 e. The molecule has 0 heterocycles.